The molecule has 0 saturated heterocycles. The van der Waals surface area contributed by atoms with Gasteiger partial charge in [-0.1, -0.05) is 11.6 Å². The van der Waals surface area contributed by atoms with Crippen molar-refractivity contribution in [3.8, 4) is 11.5 Å². The molecule has 21 heavy (non-hydrogen) atoms. The molecule has 0 fully saturated rings. The van der Waals surface area contributed by atoms with Crippen LogP contribution in [0.2, 0.25) is 5.02 Å². The molecule has 1 aromatic rings. The van der Waals surface area contributed by atoms with Crippen LogP contribution < -0.4 is 14.8 Å². The Morgan fingerprint density at radius 3 is 2.52 bits per heavy atom. The lowest BCUT2D eigenvalue weighted by Crippen LogP contribution is -2.15. The Morgan fingerprint density at radius 2 is 1.86 bits per heavy atom. The van der Waals surface area contributed by atoms with Gasteiger partial charge in [-0.3, -0.25) is 0 Å². The van der Waals surface area contributed by atoms with Crippen LogP contribution >= 0.6 is 11.6 Å². The van der Waals surface area contributed by atoms with E-state index in [1.807, 2.05) is 26.0 Å². The molecule has 4 nitrogen and oxygen atoms in total. The predicted octanol–water partition coefficient (Wildman–Crippen LogP) is 3.39. The zero-order valence-electron chi connectivity index (χ0n) is 13.0. The van der Waals surface area contributed by atoms with E-state index in [4.69, 9.17) is 26.2 Å². The first kappa shape index (κ1) is 18.1. The van der Waals surface area contributed by atoms with E-state index in [1.165, 1.54) is 0 Å². The van der Waals surface area contributed by atoms with Gasteiger partial charge in [-0.25, -0.2) is 0 Å². The van der Waals surface area contributed by atoms with Gasteiger partial charge in [0.2, 0.25) is 0 Å². The van der Waals surface area contributed by atoms with Crippen LogP contribution in [0.1, 0.15) is 38.7 Å². The number of rotatable bonds is 11. The summed E-state index contributed by atoms with van der Waals surface area (Å²) in [5, 5.41) is 12.7. The highest BCUT2D eigenvalue weighted by atomic mass is 35.5. The minimum atomic E-state index is 0.270. The molecule has 2 N–H and O–H groups in total. The summed E-state index contributed by atoms with van der Waals surface area (Å²) >= 11 is 6.27. The number of benzene rings is 1. The second-order valence-electron chi connectivity index (χ2n) is 4.73. The molecule has 0 bridgehead atoms. The lowest BCUT2D eigenvalue weighted by molar-refractivity contribution is 0.282. The number of aliphatic hydroxyl groups excluding tert-OH is 1. The van der Waals surface area contributed by atoms with E-state index < -0.39 is 0 Å². The van der Waals surface area contributed by atoms with E-state index in [2.05, 4.69) is 5.32 Å². The third kappa shape index (κ3) is 6.55. The first-order chi connectivity index (χ1) is 10.2. The van der Waals surface area contributed by atoms with Gasteiger partial charge in [-0.05, 0) is 57.4 Å². The summed E-state index contributed by atoms with van der Waals surface area (Å²) in [6, 6.07) is 3.89. The van der Waals surface area contributed by atoms with Crippen molar-refractivity contribution in [2.24, 2.45) is 0 Å². The Bertz CT molecular complexity index is 413. The monoisotopic (exact) mass is 315 g/mol. The molecule has 1 aromatic carbocycles. The maximum atomic E-state index is 8.72. The van der Waals surface area contributed by atoms with E-state index in [1.54, 1.807) is 0 Å². The maximum absolute atomic E-state index is 8.72. The van der Waals surface area contributed by atoms with Gasteiger partial charge in [-0.15, -0.1) is 0 Å². The molecule has 0 saturated carbocycles. The first-order valence-electron chi connectivity index (χ1n) is 7.62. The lowest BCUT2D eigenvalue weighted by Gasteiger charge is -2.14. The Labute approximate surface area is 132 Å². The van der Waals surface area contributed by atoms with Crippen molar-refractivity contribution in [2.75, 3.05) is 26.4 Å². The molecule has 0 amide bonds. The summed E-state index contributed by atoms with van der Waals surface area (Å²) in [7, 11) is 0. The molecular weight excluding hydrogens is 290 g/mol. The van der Waals surface area contributed by atoms with Crippen LogP contribution in [0.15, 0.2) is 12.1 Å². The molecule has 0 radical (unpaired) electrons. The maximum Gasteiger partial charge on any atom is 0.179 e. The molecule has 0 unspecified atom stereocenters. The first-order valence-corrected chi connectivity index (χ1v) is 8.00. The van der Waals surface area contributed by atoms with Crippen LogP contribution in [0.25, 0.3) is 0 Å². The summed E-state index contributed by atoms with van der Waals surface area (Å²) in [4.78, 5) is 0. The van der Waals surface area contributed by atoms with Gasteiger partial charge < -0.3 is 19.9 Å². The van der Waals surface area contributed by atoms with E-state index in [0.29, 0.717) is 29.7 Å². The van der Waals surface area contributed by atoms with Crippen LogP contribution in [-0.2, 0) is 6.54 Å². The number of aliphatic hydroxyl groups is 1. The number of unbranched alkanes of at least 4 members (excludes halogenated alkanes) is 2. The van der Waals surface area contributed by atoms with Gasteiger partial charge in [-0.2, -0.15) is 0 Å². The molecule has 0 spiro atoms. The van der Waals surface area contributed by atoms with Gasteiger partial charge in [0, 0.05) is 13.2 Å². The van der Waals surface area contributed by atoms with Gasteiger partial charge >= 0.3 is 0 Å². The Balaban J connectivity index is 2.58. The lowest BCUT2D eigenvalue weighted by atomic mass is 10.2. The average Bonchev–Trinajstić information content (AvgIpc) is 2.46. The number of nitrogens with one attached hydrogen (secondary N) is 1. The van der Waals surface area contributed by atoms with E-state index in [9.17, 15) is 0 Å². The minimum Gasteiger partial charge on any atom is -0.490 e. The van der Waals surface area contributed by atoms with Crippen molar-refractivity contribution in [1.29, 1.82) is 0 Å². The summed E-state index contributed by atoms with van der Waals surface area (Å²) < 4.78 is 11.1. The third-order valence-corrected chi connectivity index (χ3v) is 3.28. The second kappa shape index (κ2) is 10.7. The summed E-state index contributed by atoms with van der Waals surface area (Å²) in [5.74, 6) is 1.32. The molecule has 0 heterocycles. The fraction of sp³-hybridized carbons (Fsp3) is 0.625. The van der Waals surface area contributed by atoms with Crippen molar-refractivity contribution in [3.63, 3.8) is 0 Å². The van der Waals surface area contributed by atoms with Crippen molar-refractivity contribution in [1.82, 2.24) is 5.32 Å². The Kier molecular flexibility index (Phi) is 9.22. The summed E-state index contributed by atoms with van der Waals surface area (Å²) in [6.45, 7) is 6.94. The van der Waals surface area contributed by atoms with Crippen molar-refractivity contribution in [3.05, 3.63) is 22.7 Å². The zero-order chi connectivity index (χ0) is 15.5. The molecule has 0 aliphatic heterocycles. The van der Waals surface area contributed by atoms with Gasteiger partial charge in [0.05, 0.1) is 18.2 Å². The minimum absolute atomic E-state index is 0.270. The fourth-order valence-corrected chi connectivity index (χ4v) is 2.33. The SMILES string of the molecule is CCOc1cc(CNCCCCCO)cc(Cl)c1OCC. The Morgan fingerprint density at radius 1 is 1.10 bits per heavy atom. The summed E-state index contributed by atoms with van der Waals surface area (Å²) in [6.07, 6.45) is 2.96. The van der Waals surface area contributed by atoms with Gasteiger partial charge in [0.15, 0.2) is 11.5 Å². The number of ether oxygens (including phenoxy) is 2. The molecule has 1 rings (SSSR count). The standard InChI is InChI=1S/C16H26ClNO3/c1-3-20-15-11-13(10-14(17)16(15)21-4-2)12-18-8-6-5-7-9-19/h10-11,18-19H,3-9,12H2,1-2H3. The Hall–Kier alpha value is -0.970. The third-order valence-electron chi connectivity index (χ3n) is 3.00. The van der Waals surface area contributed by atoms with Gasteiger partial charge in [0.25, 0.3) is 0 Å². The molecule has 5 heteroatoms. The van der Waals surface area contributed by atoms with Crippen LogP contribution in [-0.4, -0.2) is 31.5 Å². The molecular formula is C16H26ClNO3. The van der Waals surface area contributed by atoms with E-state index in [0.717, 1.165) is 37.9 Å². The highest BCUT2D eigenvalue weighted by Gasteiger charge is 2.11. The highest BCUT2D eigenvalue weighted by Crippen LogP contribution is 2.36. The van der Waals surface area contributed by atoms with Crippen LogP contribution in [0.3, 0.4) is 0 Å². The number of halogens is 1. The van der Waals surface area contributed by atoms with Gasteiger partial charge in [0.1, 0.15) is 0 Å². The van der Waals surface area contributed by atoms with Crippen molar-refractivity contribution in [2.45, 2.75) is 39.7 Å². The van der Waals surface area contributed by atoms with E-state index >= 15 is 0 Å². The smallest absolute Gasteiger partial charge is 0.179 e. The van der Waals surface area contributed by atoms with Crippen molar-refractivity contribution < 1.29 is 14.6 Å². The fourth-order valence-electron chi connectivity index (χ4n) is 2.04. The van der Waals surface area contributed by atoms with Crippen LogP contribution in [0.4, 0.5) is 0 Å². The van der Waals surface area contributed by atoms with Crippen LogP contribution in [0, 0.1) is 0 Å². The van der Waals surface area contributed by atoms with Crippen LogP contribution in [0.5, 0.6) is 11.5 Å². The normalized spacial score (nSPS) is 10.7. The molecule has 0 aliphatic carbocycles. The topological polar surface area (TPSA) is 50.7 Å². The predicted molar refractivity (Wildman–Crippen MR) is 86.4 cm³/mol. The number of hydrogen-bond acceptors (Lipinski definition) is 4. The highest BCUT2D eigenvalue weighted by molar-refractivity contribution is 6.32. The number of hydrogen-bond donors (Lipinski definition) is 2. The second-order valence-corrected chi connectivity index (χ2v) is 5.14. The quantitative estimate of drug-likeness (QED) is 0.615. The molecule has 0 aliphatic rings. The zero-order valence-corrected chi connectivity index (χ0v) is 13.7. The van der Waals surface area contributed by atoms with E-state index in [-0.39, 0.29) is 6.61 Å². The van der Waals surface area contributed by atoms with Crippen molar-refractivity contribution >= 4 is 11.6 Å². The molecule has 0 aromatic heterocycles. The molecule has 120 valence electrons. The largest absolute Gasteiger partial charge is 0.490 e. The average molecular weight is 316 g/mol. The summed E-state index contributed by atoms with van der Waals surface area (Å²) in [5.41, 5.74) is 1.08. The molecule has 0 atom stereocenters.